The van der Waals surface area contributed by atoms with Crippen molar-refractivity contribution in [2.24, 2.45) is 0 Å². The Bertz CT molecular complexity index is 497. The van der Waals surface area contributed by atoms with Gasteiger partial charge in [0.1, 0.15) is 0 Å². The topological polar surface area (TPSA) is 26.8 Å². The number of nitrogens with zero attached hydrogens (tertiary/aromatic N) is 3. The van der Waals surface area contributed by atoms with E-state index in [9.17, 15) is 4.79 Å². The highest BCUT2D eigenvalue weighted by Gasteiger charge is 2.23. The number of rotatable bonds is 1. The fraction of sp³-hybridized carbons (Fsp3) is 0.500. The Morgan fingerprint density at radius 3 is 2.53 bits per heavy atom. The predicted octanol–water partition coefficient (Wildman–Crippen LogP) is 1.74. The Kier molecular flexibility index (Phi) is 3.77. The largest absolute Gasteiger partial charge is 0.336 e. The summed E-state index contributed by atoms with van der Waals surface area (Å²) in [4.78, 5) is 16.7. The molecule has 0 N–H and O–H groups in total. The highest BCUT2D eigenvalue weighted by molar-refractivity contribution is 14.1. The summed E-state index contributed by atoms with van der Waals surface area (Å²) in [6, 6.07) is 6.17. The summed E-state index contributed by atoms with van der Waals surface area (Å²) in [5, 5.41) is 0. The quantitative estimate of drug-likeness (QED) is 0.556. The normalized spacial score (nSPS) is 20.6. The molecule has 1 amide bonds. The van der Waals surface area contributed by atoms with Gasteiger partial charge in [-0.15, -0.1) is 0 Å². The molecule has 4 nitrogen and oxygen atoms in total. The van der Waals surface area contributed by atoms with E-state index in [1.54, 1.807) is 0 Å². The van der Waals surface area contributed by atoms with Crippen LogP contribution >= 0.6 is 22.9 Å². The van der Waals surface area contributed by atoms with Crippen LogP contribution in [0, 0.1) is 0 Å². The maximum absolute atomic E-state index is 12.5. The number of likely N-dealkylation sites (N-methyl/N-ethyl adjacent to an activating group) is 1. The van der Waals surface area contributed by atoms with Gasteiger partial charge in [0, 0.05) is 67.7 Å². The molecule has 2 aliphatic rings. The smallest absolute Gasteiger partial charge is 0.253 e. The number of fused-ring (bicyclic) bond motifs is 1. The first-order valence-electron chi connectivity index (χ1n) is 6.64. The van der Waals surface area contributed by atoms with Crippen LogP contribution in [0.2, 0.25) is 0 Å². The zero-order chi connectivity index (χ0) is 13.4. The van der Waals surface area contributed by atoms with Gasteiger partial charge in [0.05, 0.1) is 0 Å². The average molecular weight is 371 g/mol. The zero-order valence-corrected chi connectivity index (χ0v) is 13.3. The van der Waals surface area contributed by atoms with E-state index in [0.29, 0.717) is 0 Å². The van der Waals surface area contributed by atoms with Crippen LogP contribution in [-0.4, -0.2) is 52.0 Å². The van der Waals surface area contributed by atoms with Crippen molar-refractivity contribution >= 4 is 28.8 Å². The van der Waals surface area contributed by atoms with Gasteiger partial charge in [-0.2, -0.15) is 0 Å². The van der Waals surface area contributed by atoms with E-state index in [0.717, 1.165) is 44.8 Å². The number of amides is 1. The average Bonchev–Trinajstić information content (AvgIpc) is 2.77. The van der Waals surface area contributed by atoms with E-state index < -0.39 is 0 Å². The molecule has 3 rings (SSSR count). The van der Waals surface area contributed by atoms with Crippen molar-refractivity contribution in [2.45, 2.75) is 13.1 Å². The maximum atomic E-state index is 12.5. The molecule has 2 aliphatic heterocycles. The van der Waals surface area contributed by atoms with Gasteiger partial charge in [-0.1, -0.05) is 6.07 Å². The molecule has 1 fully saturated rings. The highest BCUT2D eigenvalue weighted by atomic mass is 127. The van der Waals surface area contributed by atoms with Crippen LogP contribution in [0.25, 0.3) is 0 Å². The summed E-state index contributed by atoms with van der Waals surface area (Å²) in [7, 11) is 2.10. The Hall–Kier alpha value is -0.660. The first-order chi connectivity index (χ1) is 9.13. The molecule has 19 heavy (non-hydrogen) atoms. The third kappa shape index (κ3) is 2.78. The van der Waals surface area contributed by atoms with Gasteiger partial charge in [-0.05, 0) is 30.3 Å². The monoisotopic (exact) mass is 371 g/mol. The molecule has 5 heteroatoms. The summed E-state index contributed by atoms with van der Waals surface area (Å²) >= 11 is 2.33. The Morgan fingerprint density at radius 1 is 1.11 bits per heavy atom. The second-order valence-electron chi connectivity index (χ2n) is 5.36. The number of piperazine rings is 1. The third-order valence-corrected chi connectivity index (χ3v) is 4.61. The molecule has 0 aromatic heterocycles. The summed E-state index contributed by atoms with van der Waals surface area (Å²) in [6.07, 6.45) is 0. The highest BCUT2D eigenvalue weighted by Crippen LogP contribution is 2.26. The molecule has 2 heterocycles. The van der Waals surface area contributed by atoms with Crippen molar-refractivity contribution in [1.82, 2.24) is 12.9 Å². The second-order valence-corrected chi connectivity index (χ2v) is 6.72. The minimum Gasteiger partial charge on any atom is -0.336 e. The van der Waals surface area contributed by atoms with E-state index >= 15 is 0 Å². The summed E-state index contributed by atoms with van der Waals surface area (Å²) in [5.74, 6) is 0.183. The first kappa shape index (κ1) is 13.3. The predicted molar refractivity (Wildman–Crippen MR) is 83.1 cm³/mol. The SMILES string of the molecule is CN1CCN(C(=O)c2ccc3c(c2)CN(I)C3)CC1. The van der Waals surface area contributed by atoms with Gasteiger partial charge < -0.3 is 9.80 Å². The summed E-state index contributed by atoms with van der Waals surface area (Å²) < 4.78 is 2.24. The molecular formula is C14H18IN3O. The fourth-order valence-electron chi connectivity index (χ4n) is 2.68. The van der Waals surface area contributed by atoms with Crippen LogP contribution in [-0.2, 0) is 13.1 Å². The van der Waals surface area contributed by atoms with Crippen LogP contribution < -0.4 is 0 Å². The molecule has 102 valence electrons. The number of benzene rings is 1. The van der Waals surface area contributed by atoms with Gasteiger partial charge in [0.2, 0.25) is 0 Å². The van der Waals surface area contributed by atoms with Crippen LogP contribution in [0.5, 0.6) is 0 Å². The molecule has 0 aliphatic carbocycles. The number of carbonyl (C=O) groups is 1. The molecule has 0 radical (unpaired) electrons. The van der Waals surface area contributed by atoms with Gasteiger partial charge in [-0.3, -0.25) is 4.79 Å². The summed E-state index contributed by atoms with van der Waals surface area (Å²) in [5.41, 5.74) is 3.49. The lowest BCUT2D eigenvalue weighted by Gasteiger charge is -2.32. The van der Waals surface area contributed by atoms with E-state index in [-0.39, 0.29) is 5.91 Å². The molecule has 0 unspecified atom stereocenters. The molecule has 0 spiro atoms. The summed E-state index contributed by atoms with van der Waals surface area (Å²) in [6.45, 7) is 5.55. The van der Waals surface area contributed by atoms with E-state index in [1.807, 2.05) is 11.0 Å². The van der Waals surface area contributed by atoms with Gasteiger partial charge in [0.15, 0.2) is 0 Å². The standard InChI is InChI=1S/C14H18IN3O/c1-16-4-6-17(7-5-16)14(19)11-2-3-12-9-18(15)10-13(12)8-11/h2-3,8H,4-7,9-10H2,1H3. The van der Waals surface area contributed by atoms with Crippen LogP contribution in [0.15, 0.2) is 18.2 Å². The van der Waals surface area contributed by atoms with Gasteiger partial charge in [-0.25, -0.2) is 3.11 Å². The number of carbonyl (C=O) groups excluding carboxylic acids is 1. The lowest BCUT2D eigenvalue weighted by molar-refractivity contribution is 0.0664. The number of halogens is 1. The lowest BCUT2D eigenvalue weighted by Crippen LogP contribution is -2.47. The second kappa shape index (κ2) is 5.38. The molecular weight excluding hydrogens is 353 g/mol. The van der Waals surface area contributed by atoms with Crippen molar-refractivity contribution < 1.29 is 4.79 Å². The van der Waals surface area contributed by atoms with Crippen molar-refractivity contribution in [3.8, 4) is 0 Å². The van der Waals surface area contributed by atoms with Crippen LogP contribution in [0.3, 0.4) is 0 Å². The van der Waals surface area contributed by atoms with Crippen LogP contribution in [0.4, 0.5) is 0 Å². The van der Waals surface area contributed by atoms with Gasteiger partial charge in [0.25, 0.3) is 5.91 Å². The molecule has 1 aromatic rings. The van der Waals surface area contributed by atoms with Crippen molar-refractivity contribution in [2.75, 3.05) is 33.2 Å². The maximum Gasteiger partial charge on any atom is 0.253 e. The first-order valence-corrected chi connectivity index (χ1v) is 7.60. The molecule has 0 bridgehead atoms. The number of hydrogen-bond donors (Lipinski definition) is 0. The minimum atomic E-state index is 0.183. The van der Waals surface area contributed by atoms with E-state index in [4.69, 9.17) is 0 Å². The van der Waals surface area contributed by atoms with E-state index in [1.165, 1.54) is 11.1 Å². The molecule has 1 saturated heterocycles. The van der Waals surface area contributed by atoms with E-state index in [2.05, 4.69) is 50.1 Å². The van der Waals surface area contributed by atoms with Crippen molar-refractivity contribution in [1.29, 1.82) is 0 Å². The van der Waals surface area contributed by atoms with Crippen LogP contribution in [0.1, 0.15) is 21.5 Å². The third-order valence-electron chi connectivity index (χ3n) is 3.93. The minimum absolute atomic E-state index is 0.183. The van der Waals surface area contributed by atoms with Crippen molar-refractivity contribution in [3.05, 3.63) is 34.9 Å². The molecule has 0 atom stereocenters. The Morgan fingerprint density at radius 2 is 1.79 bits per heavy atom. The molecule has 0 saturated carbocycles. The lowest BCUT2D eigenvalue weighted by atomic mass is 10.1. The zero-order valence-electron chi connectivity index (χ0n) is 11.1. The van der Waals surface area contributed by atoms with Crippen molar-refractivity contribution in [3.63, 3.8) is 0 Å². The fourth-order valence-corrected chi connectivity index (χ4v) is 3.41. The van der Waals surface area contributed by atoms with Gasteiger partial charge >= 0.3 is 0 Å². The number of hydrogen-bond acceptors (Lipinski definition) is 3. The Balaban J connectivity index is 1.76. The molecule has 1 aromatic carbocycles. The Labute approximate surface area is 127 Å².